The van der Waals surface area contributed by atoms with Crippen LogP contribution in [0.5, 0.6) is 0 Å². The van der Waals surface area contributed by atoms with Crippen LogP contribution < -0.4 is 0 Å². The van der Waals surface area contributed by atoms with Crippen molar-refractivity contribution in [3.63, 3.8) is 0 Å². The van der Waals surface area contributed by atoms with Crippen LogP contribution in [0.15, 0.2) is 48.2 Å². The maximum atomic E-state index is 13.1. The lowest BCUT2D eigenvalue weighted by molar-refractivity contribution is 0.0746. The highest BCUT2D eigenvalue weighted by molar-refractivity contribution is 7.15. The smallest absolute Gasteiger partial charge is 0.272 e. The van der Waals surface area contributed by atoms with Crippen LogP contribution in [0.4, 0.5) is 0 Å². The van der Waals surface area contributed by atoms with E-state index < -0.39 is 0 Å². The molecule has 27 heavy (non-hydrogen) atoms. The number of aryl methyl sites for hydroxylation is 1. The Balaban J connectivity index is 1.66. The lowest BCUT2D eigenvalue weighted by Gasteiger charge is -2.19. The maximum absolute atomic E-state index is 13.1. The molecule has 0 saturated carbocycles. The molecule has 138 valence electrons. The third-order valence-corrected chi connectivity index (χ3v) is 5.55. The molecule has 0 saturated heterocycles. The van der Waals surface area contributed by atoms with Crippen molar-refractivity contribution in [2.75, 3.05) is 6.54 Å². The third kappa shape index (κ3) is 3.36. The van der Waals surface area contributed by atoms with Crippen LogP contribution in [0, 0.1) is 0 Å². The Kier molecular flexibility index (Phi) is 4.72. The third-order valence-electron chi connectivity index (χ3n) is 4.38. The molecule has 6 nitrogen and oxygen atoms in total. The van der Waals surface area contributed by atoms with Gasteiger partial charge in [0, 0.05) is 49.0 Å². The van der Waals surface area contributed by atoms with Crippen molar-refractivity contribution in [2.24, 2.45) is 7.05 Å². The van der Waals surface area contributed by atoms with Gasteiger partial charge in [-0.05, 0) is 13.0 Å². The normalized spacial score (nSPS) is 11.2. The first kappa shape index (κ1) is 17.8. The minimum Gasteiger partial charge on any atom is -0.333 e. The number of aromatic nitrogens is 4. The molecule has 0 spiro atoms. The minimum absolute atomic E-state index is 0.0317. The van der Waals surface area contributed by atoms with Crippen LogP contribution in [0.1, 0.15) is 23.0 Å². The molecule has 4 rings (SSSR count). The maximum Gasteiger partial charge on any atom is 0.272 e. The highest BCUT2D eigenvalue weighted by atomic mass is 35.5. The fourth-order valence-corrected chi connectivity index (χ4v) is 4.08. The Bertz CT molecular complexity index is 1110. The molecule has 0 aliphatic heterocycles. The molecule has 8 heteroatoms. The SMILES string of the molecule is CCN(Cc1cnn(C)c1)C(=O)c1csc2nc(-c3ccccc3Cl)cn12. The summed E-state index contributed by atoms with van der Waals surface area (Å²) in [5.74, 6) is -0.0317. The summed E-state index contributed by atoms with van der Waals surface area (Å²) in [6.45, 7) is 3.10. The summed E-state index contributed by atoms with van der Waals surface area (Å²) in [6.07, 6.45) is 5.58. The minimum atomic E-state index is -0.0317. The van der Waals surface area contributed by atoms with E-state index in [1.54, 1.807) is 15.8 Å². The van der Waals surface area contributed by atoms with Gasteiger partial charge in [-0.1, -0.05) is 29.8 Å². The van der Waals surface area contributed by atoms with Crippen molar-refractivity contribution in [3.8, 4) is 11.3 Å². The number of thiazole rings is 1. The average molecular weight is 400 g/mol. The molecular formula is C19H18ClN5OS. The Labute approximate surface area is 165 Å². The second-order valence-corrected chi connectivity index (χ2v) is 7.46. The number of fused-ring (bicyclic) bond motifs is 1. The lowest BCUT2D eigenvalue weighted by atomic mass is 10.2. The molecule has 0 atom stereocenters. The lowest BCUT2D eigenvalue weighted by Crippen LogP contribution is -2.31. The average Bonchev–Trinajstić information content (AvgIpc) is 3.35. The summed E-state index contributed by atoms with van der Waals surface area (Å²) in [4.78, 5) is 20.3. The van der Waals surface area contributed by atoms with E-state index in [1.807, 2.05) is 60.4 Å². The fraction of sp³-hybridized carbons (Fsp3) is 0.211. The zero-order chi connectivity index (χ0) is 19.0. The van der Waals surface area contributed by atoms with Crippen molar-refractivity contribution in [3.05, 3.63) is 64.5 Å². The van der Waals surface area contributed by atoms with Crippen molar-refractivity contribution in [1.82, 2.24) is 24.1 Å². The molecule has 1 aromatic carbocycles. The van der Waals surface area contributed by atoms with E-state index in [-0.39, 0.29) is 5.91 Å². The van der Waals surface area contributed by atoms with Gasteiger partial charge in [0.1, 0.15) is 5.69 Å². The van der Waals surface area contributed by atoms with Gasteiger partial charge in [-0.2, -0.15) is 5.10 Å². The Morgan fingerprint density at radius 3 is 2.81 bits per heavy atom. The number of carbonyl (C=O) groups is 1. The predicted molar refractivity (Wildman–Crippen MR) is 107 cm³/mol. The van der Waals surface area contributed by atoms with Gasteiger partial charge in [-0.25, -0.2) is 4.98 Å². The molecule has 0 aliphatic carbocycles. The summed E-state index contributed by atoms with van der Waals surface area (Å²) < 4.78 is 3.58. The molecular weight excluding hydrogens is 382 g/mol. The van der Waals surface area contributed by atoms with E-state index in [0.29, 0.717) is 23.8 Å². The van der Waals surface area contributed by atoms with Crippen LogP contribution in [-0.2, 0) is 13.6 Å². The first-order valence-corrected chi connectivity index (χ1v) is 9.81. The van der Waals surface area contributed by atoms with Crippen molar-refractivity contribution >= 4 is 33.8 Å². The summed E-state index contributed by atoms with van der Waals surface area (Å²) in [6, 6.07) is 7.57. The van der Waals surface area contributed by atoms with Gasteiger partial charge >= 0.3 is 0 Å². The number of carbonyl (C=O) groups excluding carboxylic acids is 1. The highest BCUT2D eigenvalue weighted by Gasteiger charge is 2.21. The summed E-state index contributed by atoms with van der Waals surface area (Å²) >= 11 is 7.74. The number of hydrogen-bond donors (Lipinski definition) is 0. The second-order valence-electron chi connectivity index (χ2n) is 6.22. The van der Waals surface area contributed by atoms with Gasteiger partial charge in [0.25, 0.3) is 5.91 Å². The molecule has 3 aromatic heterocycles. The number of rotatable bonds is 5. The van der Waals surface area contributed by atoms with Crippen LogP contribution >= 0.6 is 22.9 Å². The molecule has 1 amide bonds. The molecule has 0 bridgehead atoms. The van der Waals surface area contributed by atoms with Crippen LogP contribution in [0.2, 0.25) is 5.02 Å². The Morgan fingerprint density at radius 2 is 2.11 bits per heavy atom. The van der Waals surface area contributed by atoms with Crippen LogP contribution in [0.3, 0.4) is 0 Å². The second kappa shape index (κ2) is 7.17. The summed E-state index contributed by atoms with van der Waals surface area (Å²) in [7, 11) is 1.87. The molecule has 0 aliphatic rings. The Morgan fingerprint density at radius 1 is 1.30 bits per heavy atom. The van der Waals surface area contributed by atoms with Gasteiger partial charge in [0.2, 0.25) is 0 Å². The number of nitrogens with zero attached hydrogens (tertiary/aromatic N) is 5. The van der Waals surface area contributed by atoms with E-state index in [1.165, 1.54) is 11.3 Å². The molecule has 0 fully saturated rings. The number of imidazole rings is 1. The number of benzene rings is 1. The molecule has 3 heterocycles. The molecule has 0 radical (unpaired) electrons. The van der Waals surface area contributed by atoms with E-state index in [9.17, 15) is 4.79 Å². The number of amides is 1. The van der Waals surface area contributed by atoms with E-state index in [2.05, 4.69) is 10.1 Å². The van der Waals surface area contributed by atoms with Crippen molar-refractivity contribution in [2.45, 2.75) is 13.5 Å². The van der Waals surface area contributed by atoms with Crippen molar-refractivity contribution in [1.29, 1.82) is 0 Å². The van der Waals surface area contributed by atoms with E-state index in [0.717, 1.165) is 21.8 Å². The first-order chi connectivity index (χ1) is 13.1. The molecule has 0 unspecified atom stereocenters. The van der Waals surface area contributed by atoms with Gasteiger partial charge in [0.15, 0.2) is 4.96 Å². The first-order valence-electron chi connectivity index (χ1n) is 8.55. The zero-order valence-corrected chi connectivity index (χ0v) is 16.5. The monoisotopic (exact) mass is 399 g/mol. The molecule has 4 aromatic rings. The number of hydrogen-bond acceptors (Lipinski definition) is 4. The van der Waals surface area contributed by atoms with E-state index >= 15 is 0 Å². The van der Waals surface area contributed by atoms with Gasteiger partial charge in [0.05, 0.1) is 16.9 Å². The van der Waals surface area contributed by atoms with Crippen molar-refractivity contribution < 1.29 is 4.79 Å². The largest absolute Gasteiger partial charge is 0.333 e. The summed E-state index contributed by atoms with van der Waals surface area (Å²) in [5.41, 5.74) is 3.22. The van der Waals surface area contributed by atoms with Crippen LogP contribution in [-0.4, -0.2) is 36.5 Å². The van der Waals surface area contributed by atoms with Gasteiger partial charge < -0.3 is 4.90 Å². The zero-order valence-electron chi connectivity index (χ0n) is 15.0. The van der Waals surface area contributed by atoms with E-state index in [4.69, 9.17) is 11.6 Å². The Hall–Kier alpha value is -2.64. The van der Waals surface area contributed by atoms with Gasteiger partial charge in [-0.15, -0.1) is 11.3 Å². The highest BCUT2D eigenvalue weighted by Crippen LogP contribution is 2.29. The van der Waals surface area contributed by atoms with Crippen LogP contribution in [0.25, 0.3) is 16.2 Å². The quantitative estimate of drug-likeness (QED) is 0.507. The standard InChI is InChI=1S/C19H18ClN5OS/c1-3-24(10-13-8-21-23(2)9-13)18(26)17-12-27-19-22-16(11-25(17)19)14-6-4-5-7-15(14)20/h4-9,11-12H,3,10H2,1-2H3. The fourth-order valence-electron chi connectivity index (χ4n) is 3.00. The molecule has 0 N–H and O–H groups in total. The van der Waals surface area contributed by atoms with Gasteiger partial charge in [-0.3, -0.25) is 13.9 Å². The number of halogens is 1. The topological polar surface area (TPSA) is 55.4 Å². The predicted octanol–water partition coefficient (Wildman–Crippen LogP) is 4.11. The summed E-state index contributed by atoms with van der Waals surface area (Å²) in [5, 5.41) is 6.67.